The summed E-state index contributed by atoms with van der Waals surface area (Å²) in [4.78, 5) is 22.2. The fourth-order valence-corrected chi connectivity index (χ4v) is 1.42. The Morgan fingerprint density at radius 3 is 2.47 bits per heavy atom. The lowest BCUT2D eigenvalue weighted by atomic mass is 10.3. The van der Waals surface area contributed by atoms with E-state index in [1.54, 1.807) is 12.1 Å². The fraction of sp³-hybridized carbons (Fsp3) is 0.273. The lowest BCUT2D eigenvalue weighted by Crippen LogP contribution is -2.29. The van der Waals surface area contributed by atoms with Crippen LogP contribution in [-0.4, -0.2) is 18.0 Å². The average Bonchev–Trinajstić information content (AvgIpc) is 2.22. The second kappa shape index (κ2) is 5.89. The Kier molecular flexibility index (Phi) is 4.78. The van der Waals surface area contributed by atoms with Gasteiger partial charge in [-0.25, -0.2) is 0 Å². The number of esters is 1. The van der Waals surface area contributed by atoms with Gasteiger partial charge in [0.05, 0.1) is 10.0 Å². The topological polar surface area (TPSA) is 55.4 Å². The molecule has 0 aliphatic rings. The van der Waals surface area contributed by atoms with Crippen molar-refractivity contribution in [2.75, 3.05) is 5.32 Å². The summed E-state index contributed by atoms with van der Waals surface area (Å²) < 4.78 is 4.73. The van der Waals surface area contributed by atoms with E-state index < -0.39 is 18.0 Å². The van der Waals surface area contributed by atoms with Crippen LogP contribution >= 0.6 is 23.2 Å². The number of hydrogen-bond donors (Lipinski definition) is 1. The molecule has 1 rings (SSSR count). The van der Waals surface area contributed by atoms with Gasteiger partial charge in [0.15, 0.2) is 6.10 Å². The average molecular weight is 276 g/mol. The maximum atomic E-state index is 11.6. The van der Waals surface area contributed by atoms with E-state index in [1.807, 2.05) is 0 Å². The van der Waals surface area contributed by atoms with E-state index in [9.17, 15) is 9.59 Å². The zero-order chi connectivity index (χ0) is 13.0. The summed E-state index contributed by atoms with van der Waals surface area (Å²) in [6.07, 6.45) is -0.859. The van der Waals surface area contributed by atoms with Crippen LogP contribution in [0.1, 0.15) is 13.8 Å². The standard InChI is InChI=1S/C11H11Cl2NO3/c1-6(17-7(2)15)11(16)14-8-3-4-9(12)10(13)5-8/h3-6H,1-2H3,(H,14,16). The van der Waals surface area contributed by atoms with Crippen LogP contribution in [0.2, 0.25) is 10.0 Å². The Labute approximate surface area is 109 Å². The van der Waals surface area contributed by atoms with Gasteiger partial charge in [0.25, 0.3) is 5.91 Å². The Morgan fingerprint density at radius 1 is 1.29 bits per heavy atom. The highest BCUT2D eigenvalue weighted by molar-refractivity contribution is 6.42. The number of ether oxygens (including phenoxy) is 1. The number of carbonyl (C=O) groups is 2. The van der Waals surface area contributed by atoms with Crippen molar-refractivity contribution in [1.29, 1.82) is 0 Å². The van der Waals surface area contributed by atoms with Crippen LogP contribution in [0.15, 0.2) is 18.2 Å². The molecule has 1 amide bonds. The Balaban J connectivity index is 2.67. The smallest absolute Gasteiger partial charge is 0.303 e. The molecular weight excluding hydrogens is 265 g/mol. The predicted octanol–water partition coefficient (Wildman–Crippen LogP) is 2.88. The Bertz CT molecular complexity index is 448. The van der Waals surface area contributed by atoms with Crippen molar-refractivity contribution in [2.24, 2.45) is 0 Å². The second-order valence-electron chi connectivity index (χ2n) is 3.37. The summed E-state index contributed by atoms with van der Waals surface area (Å²) in [5.74, 6) is -0.944. The Hall–Kier alpha value is -1.26. The molecule has 1 aromatic rings. The third-order valence-corrected chi connectivity index (χ3v) is 2.64. The van der Waals surface area contributed by atoms with Gasteiger partial charge in [-0.3, -0.25) is 9.59 Å². The molecule has 1 aromatic carbocycles. The molecule has 92 valence electrons. The van der Waals surface area contributed by atoms with E-state index in [0.29, 0.717) is 15.7 Å². The first-order valence-electron chi connectivity index (χ1n) is 4.83. The molecule has 1 atom stereocenters. The van der Waals surface area contributed by atoms with E-state index in [0.717, 1.165) is 0 Å². The molecule has 0 radical (unpaired) electrons. The van der Waals surface area contributed by atoms with Crippen molar-refractivity contribution in [3.63, 3.8) is 0 Å². The van der Waals surface area contributed by atoms with E-state index in [1.165, 1.54) is 19.9 Å². The largest absolute Gasteiger partial charge is 0.453 e. The zero-order valence-corrected chi connectivity index (χ0v) is 10.8. The molecule has 0 saturated carbocycles. The zero-order valence-electron chi connectivity index (χ0n) is 9.29. The van der Waals surface area contributed by atoms with Crippen molar-refractivity contribution >= 4 is 40.8 Å². The Morgan fingerprint density at radius 2 is 1.94 bits per heavy atom. The van der Waals surface area contributed by atoms with E-state index in [-0.39, 0.29) is 0 Å². The fourth-order valence-electron chi connectivity index (χ4n) is 1.12. The van der Waals surface area contributed by atoms with Crippen molar-refractivity contribution in [1.82, 2.24) is 0 Å². The minimum absolute atomic E-state index is 0.338. The molecule has 0 spiro atoms. The summed E-state index contributed by atoms with van der Waals surface area (Å²) in [5.41, 5.74) is 0.489. The number of benzene rings is 1. The van der Waals surface area contributed by atoms with E-state index >= 15 is 0 Å². The van der Waals surface area contributed by atoms with Crippen LogP contribution in [-0.2, 0) is 14.3 Å². The summed E-state index contributed by atoms with van der Waals surface area (Å²) >= 11 is 11.5. The first-order chi connectivity index (χ1) is 7.90. The number of carbonyl (C=O) groups excluding carboxylic acids is 2. The van der Waals surface area contributed by atoms with Crippen LogP contribution in [0.25, 0.3) is 0 Å². The van der Waals surface area contributed by atoms with Crippen LogP contribution in [0.5, 0.6) is 0 Å². The van der Waals surface area contributed by atoms with Crippen LogP contribution < -0.4 is 5.32 Å². The molecular formula is C11H11Cl2NO3. The molecule has 0 saturated heterocycles. The maximum absolute atomic E-state index is 11.6. The van der Waals surface area contributed by atoms with Gasteiger partial charge in [-0.15, -0.1) is 0 Å². The number of amides is 1. The number of nitrogens with one attached hydrogen (secondary N) is 1. The number of halogens is 2. The molecule has 0 aliphatic carbocycles. The molecule has 4 nitrogen and oxygen atoms in total. The lowest BCUT2D eigenvalue weighted by molar-refractivity contribution is -0.150. The van der Waals surface area contributed by atoms with Crippen molar-refractivity contribution in [2.45, 2.75) is 20.0 Å². The van der Waals surface area contributed by atoms with Gasteiger partial charge in [-0.05, 0) is 25.1 Å². The maximum Gasteiger partial charge on any atom is 0.303 e. The van der Waals surface area contributed by atoms with Gasteiger partial charge in [-0.2, -0.15) is 0 Å². The molecule has 0 bridgehead atoms. The van der Waals surface area contributed by atoms with Crippen LogP contribution in [0.3, 0.4) is 0 Å². The number of hydrogen-bond acceptors (Lipinski definition) is 3. The van der Waals surface area contributed by atoms with Crippen molar-refractivity contribution < 1.29 is 14.3 Å². The molecule has 0 fully saturated rings. The third kappa shape index (κ3) is 4.24. The van der Waals surface area contributed by atoms with Crippen LogP contribution in [0.4, 0.5) is 5.69 Å². The SMILES string of the molecule is CC(=O)OC(C)C(=O)Nc1ccc(Cl)c(Cl)c1. The minimum Gasteiger partial charge on any atom is -0.453 e. The minimum atomic E-state index is -0.859. The quantitative estimate of drug-likeness (QED) is 0.863. The lowest BCUT2D eigenvalue weighted by Gasteiger charge is -2.12. The molecule has 17 heavy (non-hydrogen) atoms. The highest BCUT2D eigenvalue weighted by Crippen LogP contribution is 2.25. The van der Waals surface area contributed by atoms with Gasteiger partial charge >= 0.3 is 5.97 Å². The molecule has 1 N–H and O–H groups in total. The normalized spacial score (nSPS) is 11.8. The molecule has 6 heteroatoms. The van der Waals surface area contributed by atoms with Crippen LogP contribution in [0, 0.1) is 0 Å². The number of anilines is 1. The van der Waals surface area contributed by atoms with E-state index in [2.05, 4.69) is 5.32 Å². The van der Waals surface area contributed by atoms with Crippen molar-refractivity contribution in [3.8, 4) is 0 Å². The first kappa shape index (κ1) is 13.8. The number of rotatable bonds is 3. The third-order valence-electron chi connectivity index (χ3n) is 1.90. The summed E-state index contributed by atoms with van der Waals surface area (Å²) in [7, 11) is 0. The summed E-state index contributed by atoms with van der Waals surface area (Å²) in [6, 6.07) is 4.69. The van der Waals surface area contributed by atoms with Gasteiger partial charge in [-0.1, -0.05) is 23.2 Å². The monoisotopic (exact) mass is 275 g/mol. The molecule has 0 heterocycles. The predicted molar refractivity (Wildman–Crippen MR) is 66.3 cm³/mol. The second-order valence-corrected chi connectivity index (χ2v) is 4.18. The molecule has 0 aliphatic heterocycles. The summed E-state index contributed by atoms with van der Waals surface area (Å²) in [6.45, 7) is 2.72. The van der Waals surface area contributed by atoms with E-state index in [4.69, 9.17) is 27.9 Å². The van der Waals surface area contributed by atoms with Gasteiger partial charge in [0, 0.05) is 12.6 Å². The summed E-state index contributed by atoms with van der Waals surface area (Å²) in [5, 5.41) is 3.29. The van der Waals surface area contributed by atoms with Gasteiger partial charge in [0.2, 0.25) is 0 Å². The van der Waals surface area contributed by atoms with Crippen molar-refractivity contribution in [3.05, 3.63) is 28.2 Å². The highest BCUT2D eigenvalue weighted by Gasteiger charge is 2.15. The molecule has 1 unspecified atom stereocenters. The van der Waals surface area contributed by atoms with Gasteiger partial charge < -0.3 is 10.1 Å². The highest BCUT2D eigenvalue weighted by atomic mass is 35.5. The van der Waals surface area contributed by atoms with Gasteiger partial charge in [0.1, 0.15) is 0 Å². The molecule has 0 aromatic heterocycles. The first-order valence-corrected chi connectivity index (χ1v) is 5.59.